The normalized spacial score (nSPS) is 12.4. The van der Waals surface area contributed by atoms with Crippen LogP contribution in [0.25, 0.3) is 0 Å². The zero-order valence-electron chi connectivity index (χ0n) is 13.8. The first-order valence-electron chi connectivity index (χ1n) is 7.81. The number of aryl methyl sites for hydroxylation is 1. The molecule has 0 bridgehead atoms. The summed E-state index contributed by atoms with van der Waals surface area (Å²) in [6.07, 6.45) is 3.78. The van der Waals surface area contributed by atoms with E-state index in [9.17, 15) is 0 Å². The highest BCUT2D eigenvalue weighted by Gasteiger charge is 2.12. The lowest BCUT2D eigenvalue weighted by atomic mass is 10.0. The molecule has 0 radical (unpaired) electrons. The molecule has 4 heteroatoms. The first kappa shape index (κ1) is 17.5. The molecule has 0 aliphatic carbocycles. The lowest BCUT2D eigenvalue weighted by Crippen LogP contribution is -2.31. The van der Waals surface area contributed by atoms with Crippen molar-refractivity contribution in [1.82, 2.24) is 4.90 Å². The molecule has 4 nitrogen and oxygen atoms in total. The van der Waals surface area contributed by atoms with Gasteiger partial charge in [0.2, 0.25) is 0 Å². The molecule has 21 heavy (non-hydrogen) atoms. The van der Waals surface area contributed by atoms with E-state index in [2.05, 4.69) is 43.8 Å². The summed E-state index contributed by atoms with van der Waals surface area (Å²) in [4.78, 5) is 2.50. The summed E-state index contributed by atoms with van der Waals surface area (Å²) in [6.45, 7) is 10.9. The largest absolute Gasteiger partial charge is 0.409 e. The lowest BCUT2D eigenvalue weighted by Gasteiger charge is -2.27. The van der Waals surface area contributed by atoms with Crippen LogP contribution in [0.3, 0.4) is 0 Å². The summed E-state index contributed by atoms with van der Waals surface area (Å²) in [7, 11) is 0. The Bertz CT molecular complexity index is 469. The molecule has 0 spiro atoms. The number of rotatable bonds is 8. The average molecular weight is 291 g/mol. The highest BCUT2D eigenvalue weighted by atomic mass is 16.4. The minimum Gasteiger partial charge on any atom is -0.409 e. The number of hydrogen-bond donors (Lipinski definition) is 2. The van der Waals surface area contributed by atoms with Crippen LogP contribution in [-0.4, -0.2) is 28.5 Å². The van der Waals surface area contributed by atoms with Crippen LogP contribution in [0.2, 0.25) is 0 Å². The first-order chi connectivity index (χ1) is 9.99. The first-order valence-corrected chi connectivity index (χ1v) is 7.81. The van der Waals surface area contributed by atoms with Crippen molar-refractivity contribution in [1.29, 1.82) is 0 Å². The fourth-order valence-electron chi connectivity index (χ4n) is 2.39. The number of oxime groups is 1. The van der Waals surface area contributed by atoms with Crippen molar-refractivity contribution < 1.29 is 5.21 Å². The molecule has 0 fully saturated rings. The van der Waals surface area contributed by atoms with Gasteiger partial charge < -0.3 is 10.9 Å². The SMILES string of the molecule is CCCCCN(Cc1ccc(/C(N)=N/O)cc1C)C(C)C. The van der Waals surface area contributed by atoms with E-state index in [0.29, 0.717) is 6.04 Å². The van der Waals surface area contributed by atoms with Crippen molar-refractivity contribution in [2.45, 2.75) is 59.5 Å². The molecule has 0 unspecified atom stereocenters. The van der Waals surface area contributed by atoms with Crippen molar-refractivity contribution in [3.05, 3.63) is 34.9 Å². The summed E-state index contributed by atoms with van der Waals surface area (Å²) in [5, 5.41) is 11.8. The smallest absolute Gasteiger partial charge is 0.170 e. The van der Waals surface area contributed by atoms with Gasteiger partial charge in [-0.25, -0.2) is 0 Å². The molecule has 1 aromatic carbocycles. The maximum Gasteiger partial charge on any atom is 0.170 e. The molecule has 1 rings (SSSR count). The predicted octanol–water partition coefficient (Wildman–Crippen LogP) is 3.49. The Kier molecular flexibility index (Phi) is 7.23. The van der Waals surface area contributed by atoms with Crippen molar-refractivity contribution in [3.63, 3.8) is 0 Å². The molecule has 0 saturated heterocycles. The third kappa shape index (κ3) is 5.38. The predicted molar refractivity (Wildman–Crippen MR) is 88.8 cm³/mol. The molecular formula is C17H29N3O. The van der Waals surface area contributed by atoms with Crippen molar-refractivity contribution in [2.24, 2.45) is 10.9 Å². The molecule has 0 aromatic heterocycles. The van der Waals surface area contributed by atoms with E-state index in [4.69, 9.17) is 10.9 Å². The minimum absolute atomic E-state index is 0.160. The number of benzene rings is 1. The van der Waals surface area contributed by atoms with Gasteiger partial charge in [-0.05, 0) is 50.9 Å². The summed E-state index contributed by atoms with van der Waals surface area (Å²) in [5.41, 5.74) is 8.88. The van der Waals surface area contributed by atoms with E-state index >= 15 is 0 Å². The number of unbranched alkanes of at least 4 members (excludes halogenated alkanes) is 2. The van der Waals surface area contributed by atoms with E-state index < -0.39 is 0 Å². The summed E-state index contributed by atoms with van der Waals surface area (Å²) in [6, 6.07) is 6.51. The second kappa shape index (κ2) is 8.67. The van der Waals surface area contributed by atoms with Crippen molar-refractivity contribution >= 4 is 5.84 Å². The fourth-order valence-corrected chi connectivity index (χ4v) is 2.39. The maximum absolute atomic E-state index is 8.74. The van der Waals surface area contributed by atoms with E-state index in [0.717, 1.165) is 18.7 Å². The highest BCUT2D eigenvalue weighted by molar-refractivity contribution is 5.97. The molecular weight excluding hydrogens is 262 g/mol. The quantitative estimate of drug-likeness (QED) is 0.253. The maximum atomic E-state index is 8.74. The molecule has 0 amide bonds. The van der Waals surface area contributed by atoms with Crippen LogP contribution >= 0.6 is 0 Å². The minimum atomic E-state index is 0.160. The van der Waals surface area contributed by atoms with Crippen LogP contribution in [0.4, 0.5) is 0 Å². The third-order valence-electron chi connectivity index (χ3n) is 3.90. The fraction of sp³-hybridized carbons (Fsp3) is 0.588. The molecule has 0 aliphatic heterocycles. The van der Waals surface area contributed by atoms with Crippen LogP contribution in [-0.2, 0) is 6.54 Å². The molecule has 0 aliphatic rings. The zero-order valence-corrected chi connectivity index (χ0v) is 13.8. The summed E-state index contributed by atoms with van der Waals surface area (Å²) < 4.78 is 0. The van der Waals surface area contributed by atoms with Crippen LogP contribution in [0.15, 0.2) is 23.4 Å². The Balaban J connectivity index is 2.79. The van der Waals surface area contributed by atoms with Gasteiger partial charge in [-0.2, -0.15) is 0 Å². The summed E-state index contributed by atoms with van der Waals surface area (Å²) >= 11 is 0. The van der Waals surface area contributed by atoms with Crippen LogP contribution in [0.1, 0.15) is 56.7 Å². The van der Waals surface area contributed by atoms with Gasteiger partial charge in [-0.3, -0.25) is 4.90 Å². The second-order valence-corrected chi connectivity index (χ2v) is 5.90. The lowest BCUT2D eigenvalue weighted by molar-refractivity contribution is 0.208. The van der Waals surface area contributed by atoms with Gasteiger partial charge in [0, 0.05) is 18.2 Å². The number of nitrogens with zero attached hydrogens (tertiary/aromatic N) is 2. The van der Waals surface area contributed by atoms with Crippen LogP contribution in [0, 0.1) is 6.92 Å². The van der Waals surface area contributed by atoms with Gasteiger partial charge in [-0.1, -0.05) is 37.1 Å². The monoisotopic (exact) mass is 291 g/mol. The second-order valence-electron chi connectivity index (χ2n) is 5.90. The van der Waals surface area contributed by atoms with Crippen molar-refractivity contribution in [2.75, 3.05) is 6.54 Å². The van der Waals surface area contributed by atoms with Gasteiger partial charge in [-0.15, -0.1) is 0 Å². The third-order valence-corrected chi connectivity index (χ3v) is 3.90. The van der Waals surface area contributed by atoms with Crippen LogP contribution < -0.4 is 5.73 Å². The Hall–Kier alpha value is -1.55. The highest BCUT2D eigenvalue weighted by Crippen LogP contribution is 2.16. The molecule has 118 valence electrons. The zero-order chi connectivity index (χ0) is 15.8. The van der Waals surface area contributed by atoms with E-state index in [-0.39, 0.29) is 5.84 Å². The van der Waals surface area contributed by atoms with E-state index in [1.54, 1.807) is 0 Å². The molecule has 1 aromatic rings. The Morgan fingerprint density at radius 3 is 2.57 bits per heavy atom. The molecule has 3 N–H and O–H groups in total. The van der Waals surface area contributed by atoms with Gasteiger partial charge in [0.25, 0.3) is 0 Å². The van der Waals surface area contributed by atoms with Gasteiger partial charge >= 0.3 is 0 Å². The molecule has 0 saturated carbocycles. The van der Waals surface area contributed by atoms with Gasteiger partial charge in [0.05, 0.1) is 0 Å². The summed E-state index contributed by atoms with van der Waals surface area (Å²) in [5.74, 6) is 0.160. The molecule has 0 atom stereocenters. The number of hydrogen-bond acceptors (Lipinski definition) is 3. The van der Waals surface area contributed by atoms with Crippen molar-refractivity contribution in [3.8, 4) is 0 Å². The Morgan fingerprint density at radius 1 is 1.33 bits per heavy atom. The van der Waals surface area contributed by atoms with Gasteiger partial charge in [0.1, 0.15) is 0 Å². The van der Waals surface area contributed by atoms with E-state index in [1.807, 2.05) is 12.1 Å². The Labute approximate surface area is 128 Å². The van der Waals surface area contributed by atoms with Crippen LogP contribution in [0.5, 0.6) is 0 Å². The average Bonchev–Trinajstić information content (AvgIpc) is 2.46. The number of nitrogens with two attached hydrogens (primary N) is 1. The topological polar surface area (TPSA) is 61.8 Å². The van der Waals surface area contributed by atoms with Gasteiger partial charge in [0.15, 0.2) is 5.84 Å². The van der Waals surface area contributed by atoms with E-state index in [1.165, 1.54) is 30.4 Å². The molecule has 0 heterocycles. The Morgan fingerprint density at radius 2 is 2.05 bits per heavy atom. The standard InChI is InChI=1S/C17H29N3O/c1-5-6-7-10-20(13(2)3)12-16-9-8-15(11-14(16)4)17(18)19-21/h8-9,11,13,21H,5-7,10,12H2,1-4H3,(H2,18,19). The number of amidine groups is 1.